The fourth-order valence-corrected chi connectivity index (χ4v) is 3.18. The van der Waals surface area contributed by atoms with Crippen molar-refractivity contribution in [1.82, 2.24) is 4.98 Å². The van der Waals surface area contributed by atoms with Crippen LogP contribution in [0.4, 0.5) is 5.82 Å². The summed E-state index contributed by atoms with van der Waals surface area (Å²) in [6.07, 6.45) is 8.29. The number of hydrogen-bond acceptors (Lipinski definition) is 3. The van der Waals surface area contributed by atoms with Crippen LogP contribution in [0.5, 0.6) is 0 Å². The molecule has 3 rings (SSSR count). The molecule has 92 valence electrons. The van der Waals surface area contributed by atoms with E-state index >= 15 is 0 Å². The highest BCUT2D eigenvalue weighted by Gasteiger charge is 2.40. The summed E-state index contributed by atoms with van der Waals surface area (Å²) in [5.41, 5.74) is 7.65. The van der Waals surface area contributed by atoms with Gasteiger partial charge in [-0.15, -0.1) is 0 Å². The minimum atomic E-state index is 0.228. The summed E-state index contributed by atoms with van der Waals surface area (Å²) < 4.78 is 0. The van der Waals surface area contributed by atoms with E-state index in [2.05, 4.69) is 22.0 Å². The predicted molar refractivity (Wildman–Crippen MR) is 70.3 cm³/mol. The molecule has 2 heterocycles. The van der Waals surface area contributed by atoms with Crippen LogP contribution in [0, 0.1) is 0 Å². The quantitative estimate of drug-likeness (QED) is 0.866. The van der Waals surface area contributed by atoms with Gasteiger partial charge in [0.25, 0.3) is 0 Å². The van der Waals surface area contributed by atoms with Crippen LogP contribution in [-0.4, -0.2) is 24.6 Å². The van der Waals surface area contributed by atoms with Gasteiger partial charge in [-0.3, -0.25) is 0 Å². The molecule has 0 amide bonds. The number of nitrogens with zero attached hydrogens (tertiary/aromatic N) is 2. The third kappa shape index (κ3) is 1.73. The lowest BCUT2D eigenvalue weighted by Crippen LogP contribution is -2.43. The number of hydrogen-bond donors (Lipinski definition) is 1. The van der Waals surface area contributed by atoms with Gasteiger partial charge in [-0.2, -0.15) is 0 Å². The monoisotopic (exact) mass is 231 g/mol. The molecular formula is C14H21N3. The zero-order chi connectivity index (χ0) is 11.7. The zero-order valence-electron chi connectivity index (χ0n) is 10.4. The van der Waals surface area contributed by atoms with Gasteiger partial charge >= 0.3 is 0 Å². The van der Waals surface area contributed by atoms with E-state index < -0.39 is 0 Å². The van der Waals surface area contributed by atoms with E-state index in [0.29, 0.717) is 0 Å². The highest BCUT2D eigenvalue weighted by atomic mass is 15.2. The molecule has 2 N–H and O–H groups in total. The second kappa shape index (κ2) is 4.30. The summed E-state index contributed by atoms with van der Waals surface area (Å²) in [4.78, 5) is 7.06. The second-order valence-corrected chi connectivity index (χ2v) is 5.41. The Labute approximate surface area is 103 Å². The van der Waals surface area contributed by atoms with Gasteiger partial charge in [0.05, 0.1) is 0 Å². The minimum Gasteiger partial charge on any atom is -0.356 e. The van der Waals surface area contributed by atoms with Gasteiger partial charge < -0.3 is 10.6 Å². The molecule has 2 aliphatic rings. The second-order valence-electron chi connectivity index (χ2n) is 5.41. The molecule has 1 aromatic rings. The number of anilines is 1. The molecule has 1 aliphatic carbocycles. The van der Waals surface area contributed by atoms with Crippen LogP contribution < -0.4 is 10.6 Å². The molecule has 1 aliphatic heterocycles. The topological polar surface area (TPSA) is 42.1 Å². The standard InChI is InChI=1S/C14H21N3/c15-11-14(6-4-7-14)12-5-3-8-16-13(12)17-9-1-2-10-17/h3,5,8H,1-2,4,6-7,9-11,15H2. The van der Waals surface area contributed by atoms with Gasteiger partial charge in [0.2, 0.25) is 0 Å². The van der Waals surface area contributed by atoms with Crippen molar-refractivity contribution in [3.05, 3.63) is 23.9 Å². The molecule has 1 aromatic heterocycles. The first-order valence-corrected chi connectivity index (χ1v) is 6.76. The first kappa shape index (κ1) is 11.0. The molecule has 0 spiro atoms. The molecule has 3 nitrogen and oxygen atoms in total. The number of nitrogens with two attached hydrogens (primary N) is 1. The predicted octanol–water partition coefficient (Wildman–Crippen LogP) is 2.06. The van der Waals surface area contributed by atoms with Crippen molar-refractivity contribution in [2.75, 3.05) is 24.5 Å². The van der Waals surface area contributed by atoms with Crippen LogP contribution in [0.15, 0.2) is 18.3 Å². The first-order chi connectivity index (χ1) is 8.36. The first-order valence-electron chi connectivity index (χ1n) is 6.76. The minimum absolute atomic E-state index is 0.228. The Hall–Kier alpha value is -1.09. The van der Waals surface area contributed by atoms with Crippen LogP contribution >= 0.6 is 0 Å². The van der Waals surface area contributed by atoms with Crippen molar-refractivity contribution in [3.8, 4) is 0 Å². The van der Waals surface area contributed by atoms with Gasteiger partial charge in [0, 0.05) is 36.8 Å². The molecule has 1 saturated carbocycles. The van der Waals surface area contributed by atoms with Crippen molar-refractivity contribution in [3.63, 3.8) is 0 Å². The highest BCUT2D eigenvalue weighted by molar-refractivity contribution is 5.52. The molecule has 0 unspecified atom stereocenters. The van der Waals surface area contributed by atoms with Gasteiger partial charge in [-0.25, -0.2) is 4.98 Å². The van der Waals surface area contributed by atoms with Crippen LogP contribution in [0.25, 0.3) is 0 Å². The number of aromatic nitrogens is 1. The molecule has 0 atom stereocenters. The normalized spacial score (nSPS) is 22.5. The molecule has 0 aromatic carbocycles. The maximum absolute atomic E-state index is 6.02. The Morgan fingerprint density at radius 2 is 2.00 bits per heavy atom. The smallest absolute Gasteiger partial charge is 0.132 e. The summed E-state index contributed by atoms with van der Waals surface area (Å²) in [6, 6.07) is 4.30. The average Bonchev–Trinajstić information content (AvgIpc) is 2.82. The van der Waals surface area contributed by atoms with E-state index in [9.17, 15) is 0 Å². The molecular weight excluding hydrogens is 210 g/mol. The van der Waals surface area contributed by atoms with E-state index in [-0.39, 0.29) is 5.41 Å². The Kier molecular flexibility index (Phi) is 2.79. The fourth-order valence-electron chi connectivity index (χ4n) is 3.18. The van der Waals surface area contributed by atoms with E-state index in [1.807, 2.05) is 6.20 Å². The molecule has 0 radical (unpaired) electrons. The Morgan fingerprint density at radius 1 is 1.24 bits per heavy atom. The summed E-state index contributed by atoms with van der Waals surface area (Å²) in [6.45, 7) is 3.08. The summed E-state index contributed by atoms with van der Waals surface area (Å²) >= 11 is 0. The van der Waals surface area contributed by atoms with Crippen molar-refractivity contribution in [1.29, 1.82) is 0 Å². The van der Waals surface area contributed by atoms with E-state index in [4.69, 9.17) is 5.73 Å². The Balaban J connectivity index is 1.98. The van der Waals surface area contributed by atoms with Crippen molar-refractivity contribution < 1.29 is 0 Å². The van der Waals surface area contributed by atoms with Crippen LogP contribution in [0.2, 0.25) is 0 Å². The molecule has 0 bridgehead atoms. The number of rotatable bonds is 3. The van der Waals surface area contributed by atoms with Gasteiger partial charge in [-0.1, -0.05) is 12.5 Å². The van der Waals surface area contributed by atoms with Crippen molar-refractivity contribution in [2.24, 2.45) is 5.73 Å². The number of pyridine rings is 1. The zero-order valence-corrected chi connectivity index (χ0v) is 10.4. The Bertz CT molecular complexity index is 387. The third-order valence-electron chi connectivity index (χ3n) is 4.47. The van der Waals surface area contributed by atoms with Gasteiger partial charge in [0.1, 0.15) is 5.82 Å². The molecule has 2 fully saturated rings. The summed E-state index contributed by atoms with van der Waals surface area (Å²) in [5, 5.41) is 0. The van der Waals surface area contributed by atoms with Gasteiger partial charge in [0.15, 0.2) is 0 Å². The lowest BCUT2D eigenvalue weighted by Gasteiger charge is -2.43. The molecule has 17 heavy (non-hydrogen) atoms. The van der Waals surface area contributed by atoms with Crippen molar-refractivity contribution >= 4 is 5.82 Å². The molecule has 3 heteroatoms. The SMILES string of the molecule is NCC1(c2cccnc2N2CCCC2)CCC1. The van der Waals surface area contributed by atoms with Crippen LogP contribution in [0.1, 0.15) is 37.7 Å². The summed E-state index contributed by atoms with van der Waals surface area (Å²) in [5.74, 6) is 1.20. The third-order valence-corrected chi connectivity index (χ3v) is 4.47. The van der Waals surface area contributed by atoms with E-state index in [1.54, 1.807) is 0 Å². The van der Waals surface area contributed by atoms with Crippen LogP contribution in [-0.2, 0) is 5.41 Å². The lowest BCUT2D eigenvalue weighted by atomic mass is 9.64. The average molecular weight is 231 g/mol. The molecule has 1 saturated heterocycles. The van der Waals surface area contributed by atoms with Crippen LogP contribution in [0.3, 0.4) is 0 Å². The lowest BCUT2D eigenvalue weighted by molar-refractivity contribution is 0.253. The Morgan fingerprint density at radius 3 is 2.59 bits per heavy atom. The van der Waals surface area contributed by atoms with E-state index in [1.165, 1.54) is 43.5 Å². The maximum Gasteiger partial charge on any atom is 0.132 e. The highest BCUT2D eigenvalue weighted by Crippen LogP contribution is 2.46. The largest absolute Gasteiger partial charge is 0.356 e. The fraction of sp³-hybridized carbons (Fsp3) is 0.643. The maximum atomic E-state index is 6.02. The summed E-state index contributed by atoms with van der Waals surface area (Å²) in [7, 11) is 0. The van der Waals surface area contributed by atoms with Crippen molar-refractivity contribution in [2.45, 2.75) is 37.5 Å². The van der Waals surface area contributed by atoms with Gasteiger partial charge in [-0.05, 0) is 31.7 Å². The van der Waals surface area contributed by atoms with E-state index in [0.717, 1.165) is 19.6 Å².